The van der Waals surface area contributed by atoms with Crippen LogP contribution >= 0.6 is 0 Å². The maximum Gasteiger partial charge on any atom is 0.225 e. The SMILES string of the molecule is Cc1noc(C)c1-c1ccc2nc(N3CCC(C(=O)NC(C)C)C3)n3c2c1OCC3. The Morgan fingerprint density at radius 1 is 1.27 bits per heavy atom. The van der Waals surface area contributed by atoms with Gasteiger partial charge in [-0.1, -0.05) is 5.16 Å². The molecule has 1 unspecified atom stereocenters. The average Bonchev–Trinajstić information content (AvgIpc) is 3.41. The minimum atomic E-state index is -0.00260. The fraction of sp³-hybridized carbons (Fsp3) is 0.500. The van der Waals surface area contributed by atoms with Crippen molar-refractivity contribution >= 4 is 22.9 Å². The highest BCUT2D eigenvalue weighted by Crippen LogP contribution is 2.43. The molecule has 2 aliphatic heterocycles. The second kappa shape index (κ2) is 7.04. The van der Waals surface area contributed by atoms with E-state index in [9.17, 15) is 4.79 Å². The summed E-state index contributed by atoms with van der Waals surface area (Å²) in [7, 11) is 0. The average molecular weight is 409 g/mol. The van der Waals surface area contributed by atoms with Crippen LogP contribution in [-0.2, 0) is 11.3 Å². The molecule has 30 heavy (non-hydrogen) atoms. The lowest BCUT2D eigenvalue weighted by atomic mass is 10.0. The second-order valence-electron chi connectivity index (χ2n) is 8.52. The predicted molar refractivity (Wildman–Crippen MR) is 114 cm³/mol. The van der Waals surface area contributed by atoms with E-state index in [2.05, 4.69) is 19.9 Å². The van der Waals surface area contributed by atoms with E-state index in [1.165, 1.54) is 0 Å². The number of hydrogen-bond donors (Lipinski definition) is 1. The van der Waals surface area contributed by atoms with E-state index in [1.54, 1.807) is 0 Å². The first-order valence-electron chi connectivity index (χ1n) is 10.6. The van der Waals surface area contributed by atoms with Crippen molar-refractivity contribution < 1.29 is 14.1 Å². The number of anilines is 1. The van der Waals surface area contributed by atoms with Crippen LogP contribution in [0, 0.1) is 19.8 Å². The highest BCUT2D eigenvalue weighted by molar-refractivity contribution is 5.94. The third-order valence-corrected chi connectivity index (χ3v) is 5.98. The number of nitrogens with zero attached hydrogens (tertiary/aromatic N) is 4. The van der Waals surface area contributed by atoms with Gasteiger partial charge in [-0.2, -0.15) is 0 Å². The van der Waals surface area contributed by atoms with Gasteiger partial charge in [0.15, 0.2) is 5.75 Å². The number of aryl methyl sites for hydroxylation is 2. The van der Waals surface area contributed by atoms with Crippen LogP contribution in [0.4, 0.5) is 5.95 Å². The molecule has 0 spiro atoms. The Hall–Kier alpha value is -3.03. The van der Waals surface area contributed by atoms with Crippen LogP contribution in [0.25, 0.3) is 22.2 Å². The van der Waals surface area contributed by atoms with E-state index in [0.29, 0.717) is 13.2 Å². The maximum atomic E-state index is 12.5. The summed E-state index contributed by atoms with van der Waals surface area (Å²) in [5.74, 6) is 2.66. The van der Waals surface area contributed by atoms with Gasteiger partial charge in [-0.05, 0) is 46.2 Å². The summed E-state index contributed by atoms with van der Waals surface area (Å²) in [6.07, 6.45) is 0.843. The monoisotopic (exact) mass is 409 g/mol. The maximum absolute atomic E-state index is 12.5. The first-order chi connectivity index (χ1) is 14.4. The number of hydrogen-bond acceptors (Lipinski definition) is 6. The number of imidazole rings is 1. The summed E-state index contributed by atoms with van der Waals surface area (Å²) < 4.78 is 13.7. The lowest BCUT2D eigenvalue weighted by Crippen LogP contribution is -2.37. The number of rotatable bonds is 4. The molecular formula is C22H27N5O3. The highest BCUT2D eigenvalue weighted by Gasteiger charge is 2.33. The highest BCUT2D eigenvalue weighted by atomic mass is 16.5. The van der Waals surface area contributed by atoms with Gasteiger partial charge in [-0.25, -0.2) is 4.98 Å². The Morgan fingerprint density at radius 2 is 2.10 bits per heavy atom. The fourth-order valence-corrected chi connectivity index (χ4v) is 4.64. The second-order valence-corrected chi connectivity index (χ2v) is 8.52. The number of benzene rings is 1. The molecule has 158 valence electrons. The molecule has 8 nitrogen and oxygen atoms in total. The van der Waals surface area contributed by atoms with Crippen LogP contribution in [0.3, 0.4) is 0 Å². The molecule has 1 amide bonds. The van der Waals surface area contributed by atoms with E-state index >= 15 is 0 Å². The van der Waals surface area contributed by atoms with Gasteiger partial charge in [0.25, 0.3) is 0 Å². The lowest BCUT2D eigenvalue weighted by molar-refractivity contribution is -0.124. The minimum absolute atomic E-state index is 0.00260. The van der Waals surface area contributed by atoms with Crippen molar-refractivity contribution in [3.05, 3.63) is 23.6 Å². The number of ether oxygens (including phenoxy) is 1. The van der Waals surface area contributed by atoms with Gasteiger partial charge in [-0.15, -0.1) is 0 Å². The van der Waals surface area contributed by atoms with Gasteiger partial charge in [0, 0.05) is 24.7 Å². The molecule has 1 N–H and O–H groups in total. The summed E-state index contributed by atoms with van der Waals surface area (Å²) in [4.78, 5) is 19.6. The van der Waals surface area contributed by atoms with Crippen LogP contribution in [0.5, 0.6) is 5.75 Å². The van der Waals surface area contributed by atoms with Crippen LogP contribution in [0.1, 0.15) is 31.7 Å². The zero-order valence-electron chi connectivity index (χ0n) is 17.9. The molecule has 2 aliphatic rings. The third kappa shape index (κ3) is 2.93. The summed E-state index contributed by atoms with van der Waals surface area (Å²) in [5.41, 5.74) is 4.73. The number of nitrogens with one attached hydrogen (secondary N) is 1. The van der Waals surface area contributed by atoms with Crippen molar-refractivity contribution in [3.8, 4) is 16.9 Å². The molecule has 1 saturated heterocycles. The smallest absolute Gasteiger partial charge is 0.225 e. The van der Waals surface area contributed by atoms with Crippen LogP contribution < -0.4 is 15.0 Å². The molecule has 2 aromatic heterocycles. The molecule has 5 rings (SSSR count). The Balaban J connectivity index is 1.54. The molecule has 1 fully saturated rings. The summed E-state index contributed by atoms with van der Waals surface area (Å²) >= 11 is 0. The minimum Gasteiger partial charge on any atom is -0.489 e. The quantitative estimate of drug-likeness (QED) is 0.713. The standard InChI is InChI=1S/C22H27N5O3/c1-12(2)23-21(28)15-7-8-26(11-15)22-24-17-6-5-16(18-13(3)25-30-14(18)4)20-19(17)27(22)9-10-29-20/h5-6,12,15H,7-11H2,1-4H3,(H,23,28). The van der Waals surface area contributed by atoms with Gasteiger partial charge in [0.1, 0.15) is 17.9 Å². The third-order valence-electron chi connectivity index (χ3n) is 5.98. The van der Waals surface area contributed by atoms with Gasteiger partial charge in [-0.3, -0.25) is 4.79 Å². The van der Waals surface area contributed by atoms with Crippen molar-refractivity contribution in [1.29, 1.82) is 0 Å². The lowest BCUT2D eigenvalue weighted by Gasteiger charge is -2.24. The van der Waals surface area contributed by atoms with E-state index in [1.807, 2.05) is 39.8 Å². The first-order valence-corrected chi connectivity index (χ1v) is 10.6. The Kier molecular flexibility index (Phi) is 4.45. The zero-order chi connectivity index (χ0) is 21.0. The Labute approximate surface area is 175 Å². The number of carbonyl (C=O) groups excluding carboxylic acids is 1. The molecule has 0 bridgehead atoms. The van der Waals surface area contributed by atoms with Crippen molar-refractivity contribution in [2.75, 3.05) is 24.6 Å². The van der Waals surface area contributed by atoms with Gasteiger partial charge in [0.05, 0.1) is 29.2 Å². The van der Waals surface area contributed by atoms with Crippen LogP contribution in [0.2, 0.25) is 0 Å². The zero-order valence-corrected chi connectivity index (χ0v) is 17.9. The molecule has 1 aromatic carbocycles. The van der Waals surface area contributed by atoms with Gasteiger partial charge >= 0.3 is 0 Å². The summed E-state index contributed by atoms with van der Waals surface area (Å²) in [6.45, 7) is 10.7. The van der Waals surface area contributed by atoms with Crippen LogP contribution in [0.15, 0.2) is 16.7 Å². The van der Waals surface area contributed by atoms with E-state index in [-0.39, 0.29) is 17.9 Å². The predicted octanol–water partition coefficient (Wildman–Crippen LogP) is 3.05. The number of aromatic nitrogens is 3. The Morgan fingerprint density at radius 3 is 2.83 bits per heavy atom. The molecule has 4 heterocycles. The topological polar surface area (TPSA) is 85.4 Å². The molecule has 1 atom stereocenters. The molecular weight excluding hydrogens is 382 g/mol. The normalized spacial score (nSPS) is 18.3. The summed E-state index contributed by atoms with van der Waals surface area (Å²) in [6, 6.07) is 4.23. The van der Waals surface area contributed by atoms with E-state index in [0.717, 1.165) is 64.8 Å². The van der Waals surface area contributed by atoms with Crippen molar-refractivity contribution in [2.45, 2.75) is 46.7 Å². The van der Waals surface area contributed by atoms with Crippen LogP contribution in [-0.4, -0.2) is 46.4 Å². The van der Waals surface area contributed by atoms with Gasteiger partial charge < -0.3 is 24.0 Å². The number of carbonyl (C=O) groups is 1. The number of amides is 1. The fourth-order valence-electron chi connectivity index (χ4n) is 4.64. The molecule has 0 aliphatic carbocycles. The Bertz CT molecular complexity index is 1110. The molecule has 0 saturated carbocycles. The van der Waals surface area contributed by atoms with Gasteiger partial charge in [0.2, 0.25) is 11.9 Å². The van der Waals surface area contributed by atoms with Crippen molar-refractivity contribution in [2.24, 2.45) is 5.92 Å². The van der Waals surface area contributed by atoms with Crippen molar-refractivity contribution in [3.63, 3.8) is 0 Å². The summed E-state index contributed by atoms with van der Waals surface area (Å²) in [5, 5.41) is 7.14. The molecule has 3 aromatic rings. The molecule has 0 radical (unpaired) electrons. The van der Waals surface area contributed by atoms with E-state index in [4.69, 9.17) is 14.2 Å². The van der Waals surface area contributed by atoms with Crippen molar-refractivity contribution in [1.82, 2.24) is 20.0 Å². The van der Waals surface area contributed by atoms with E-state index < -0.39 is 0 Å². The first kappa shape index (κ1) is 19.0. The molecule has 8 heteroatoms. The largest absolute Gasteiger partial charge is 0.489 e.